The van der Waals surface area contributed by atoms with Gasteiger partial charge in [0.15, 0.2) is 0 Å². The van der Waals surface area contributed by atoms with Crippen molar-refractivity contribution in [1.82, 2.24) is 9.88 Å². The van der Waals surface area contributed by atoms with E-state index in [4.69, 9.17) is 4.74 Å². The molecule has 0 saturated heterocycles. The predicted molar refractivity (Wildman–Crippen MR) is 70.2 cm³/mol. The molecule has 1 heterocycles. The molecule has 0 radical (unpaired) electrons. The van der Waals surface area contributed by atoms with Gasteiger partial charge in [0.05, 0.1) is 11.1 Å². The Kier molecular flexibility index (Phi) is 4.49. The van der Waals surface area contributed by atoms with E-state index in [2.05, 4.69) is 5.32 Å². The lowest BCUT2D eigenvalue weighted by Gasteiger charge is -2.19. The van der Waals surface area contributed by atoms with Gasteiger partial charge in [0.2, 0.25) is 0 Å². The first-order chi connectivity index (χ1) is 9.10. The number of hydrogen-bond acceptors (Lipinski definition) is 5. The first kappa shape index (κ1) is 15.7. The Morgan fingerprint density at radius 3 is 2.50 bits per heavy atom. The number of aromatic nitrogens is 1. The van der Waals surface area contributed by atoms with Crippen molar-refractivity contribution in [2.75, 3.05) is 6.54 Å². The molecule has 0 aliphatic heterocycles. The summed E-state index contributed by atoms with van der Waals surface area (Å²) in [7, 11) is 1.51. The standard InChI is InChI=1S/C12H17N3O5/c1-12(2,3)20-10(16)6-13-11(17)9-5-8(15(18)19)7-14(9)4/h5,7H,6H2,1-4H3,(H,13,17). The first-order valence-corrected chi connectivity index (χ1v) is 5.91. The maximum absolute atomic E-state index is 11.8. The molecule has 0 fully saturated rings. The molecular weight excluding hydrogens is 266 g/mol. The summed E-state index contributed by atoms with van der Waals surface area (Å²) < 4.78 is 6.35. The van der Waals surface area contributed by atoms with Gasteiger partial charge in [0.1, 0.15) is 17.8 Å². The molecule has 8 heteroatoms. The SMILES string of the molecule is Cn1cc([N+](=O)[O-])cc1C(=O)NCC(=O)OC(C)(C)C. The molecule has 0 aliphatic carbocycles. The van der Waals surface area contributed by atoms with Crippen molar-refractivity contribution >= 4 is 17.6 Å². The van der Waals surface area contributed by atoms with Crippen LogP contribution in [0, 0.1) is 10.1 Å². The van der Waals surface area contributed by atoms with Crippen LogP contribution in [0.3, 0.4) is 0 Å². The van der Waals surface area contributed by atoms with Crippen molar-refractivity contribution in [3.8, 4) is 0 Å². The van der Waals surface area contributed by atoms with Crippen molar-refractivity contribution in [3.05, 3.63) is 28.1 Å². The van der Waals surface area contributed by atoms with Gasteiger partial charge in [-0.2, -0.15) is 0 Å². The summed E-state index contributed by atoms with van der Waals surface area (Å²) in [5, 5.41) is 13.0. The van der Waals surface area contributed by atoms with E-state index < -0.39 is 22.4 Å². The Morgan fingerprint density at radius 2 is 2.05 bits per heavy atom. The van der Waals surface area contributed by atoms with Crippen LogP contribution in [0.5, 0.6) is 0 Å². The van der Waals surface area contributed by atoms with E-state index >= 15 is 0 Å². The zero-order chi connectivity index (χ0) is 15.5. The van der Waals surface area contributed by atoms with Gasteiger partial charge in [-0.25, -0.2) is 0 Å². The third kappa shape index (κ3) is 4.38. The van der Waals surface area contributed by atoms with E-state index in [1.807, 2.05) is 0 Å². The molecule has 1 rings (SSSR count). The quantitative estimate of drug-likeness (QED) is 0.504. The van der Waals surface area contributed by atoms with Gasteiger partial charge >= 0.3 is 5.97 Å². The van der Waals surface area contributed by atoms with E-state index in [-0.39, 0.29) is 17.9 Å². The zero-order valence-electron chi connectivity index (χ0n) is 11.8. The van der Waals surface area contributed by atoms with Crippen LogP contribution < -0.4 is 5.32 Å². The molecule has 20 heavy (non-hydrogen) atoms. The molecule has 0 bridgehead atoms. The lowest BCUT2D eigenvalue weighted by Crippen LogP contribution is -2.35. The second-order valence-electron chi connectivity index (χ2n) is 5.22. The normalized spacial score (nSPS) is 11.0. The zero-order valence-corrected chi connectivity index (χ0v) is 11.8. The Morgan fingerprint density at radius 1 is 1.45 bits per heavy atom. The second-order valence-corrected chi connectivity index (χ2v) is 5.22. The van der Waals surface area contributed by atoms with Crippen LogP contribution >= 0.6 is 0 Å². The van der Waals surface area contributed by atoms with Crippen molar-refractivity contribution in [2.24, 2.45) is 7.05 Å². The third-order valence-electron chi connectivity index (χ3n) is 2.25. The molecular formula is C12H17N3O5. The maximum Gasteiger partial charge on any atom is 0.325 e. The van der Waals surface area contributed by atoms with Crippen molar-refractivity contribution in [3.63, 3.8) is 0 Å². The smallest absolute Gasteiger partial charge is 0.325 e. The Balaban J connectivity index is 2.64. The molecule has 110 valence electrons. The number of aryl methyl sites for hydroxylation is 1. The van der Waals surface area contributed by atoms with Crippen LogP contribution in [0.15, 0.2) is 12.3 Å². The molecule has 0 aliphatic rings. The van der Waals surface area contributed by atoms with E-state index in [1.54, 1.807) is 20.8 Å². The maximum atomic E-state index is 11.8. The van der Waals surface area contributed by atoms with Crippen molar-refractivity contribution in [1.29, 1.82) is 0 Å². The van der Waals surface area contributed by atoms with E-state index in [0.717, 1.165) is 6.07 Å². The van der Waals surface area contributed by atoms with Crippen molar-refractivity contribution < 1.29 is 19.2 Å². The number of carbonyl (C=O) groups excluding carboxylic acids is 2. The fourth-order valence-electron chi connectivity index (χ4n) is 1.49. The summed E-state index contributed by atoms with van der Waals surface area (Å²) in [6.07, 6.45) is 1.22. The number of ether oxygens (including phenoxy) is 1. The summed E-state index contributed by atoms with van der Waals surface area (Å²) in [4.78, 5) is 33.3. The van der Waals surface area contributed by atoms with Gasteiger partial charge in [0, 0.05) is 13.1 Å². The summed E-state index contributed by atoms with van der Waals surface area (Å²) in [6.45, 7) is 4.85. The highest BCUT2D eigenvalue weighted by molar-refractivity contribution is 5.95. The first-order valence-electron chi connectivity index (χ1n) is 5.91. The predicted octanol–water partition coefficient (Wildman–Crippen LogP) is 1.00. The number of nitrogens with one attached hydrogen (secondary N) is 1. The molecule has 1 aromatic rings. The molecule has 1 amide bonds. The van der Waals surface area contributed by atoms with Gasteiger partial charge in [-0.3, -0.25) is 19.7 Å². The highest BCUT2D eigenvalue weighted by Gasteiger charge is 2.20. The number of amides is 1. The molecule has 0 saturated carbocycles. The van der Waals surface area contributed by atoms with Crippen LogP contribution in [-0.4, -0.2) is 33.5 Å². The number of nitro groups is 1. The number of rotatable bonds is 4. The van der Waals surface area contributed by atoms with Gasteiger partial charge in [-0.15, -0.1) is 0 Å². The minimum atomic E-state index is -0.633. The van der Waals surface area contributed by atoms with E-state index in [9.17, 15) is 19.7 Å². The highest BCUT2D eigenvalue weighted by Crippen LogP contribution is 2.15. The minimum absolute atomic E-state index is 0.0975. The van der Waals surface area contributed by atoms with Crippen LogP contribution in [0.2, 0.25) is 0 Å². The number of hydrogen-bond donors (Lipinski definition) is 1. The van der Waals surface area contributed by atoms with Crippen LogP contribution in [0.25, 0.3) is 0 Å². The molecule has 1 N–H and O–H groups in total. The largest absolute Gasteiger partial charge is 0.459 e. The number of carbonyl (C=O) groups is 2. The molecule has 0 atom stereocenters. The van der Waals surface area contributed by atoms with Crippen LogP contribution in [-0.2, 0) is 16.6 Å². The molecule has 8 nitrogen and oxygen atoms in total. The highest BCUT2D eigenvalue weighted by atomic mass is 16.6. The second kappa shape index (κ2) is 5.72. The van der Waals surface area contributed by atoms with Gasteiger partial charge in [-0.05, 0) is 20.8 Å². The monoisotopic (exact) mass is 283 g/mol. The summed E-state index contributed by atoms with van der Waals surface area (Å²) >= 11 is 0. The Bertz CT molecular complexity index is 542. The lowest BCUT2D eigenvalue weighted by molar-refractivity contribution is -0.384. The fourth-order valence-corrected chi connectivity index (χ4v) is 1.49. The Hall–Kier alpha value is -2.38. The lowest BCUT2D eigenvalue weighted by atomic mass is 10.2. The third-order valence-corrected chi connectivity index (χ3v) is 2.25. The molecule has 0 unspecified atom stereocenters. The number of esters is 1. The molecule has 1 aromatic heterocycles. The van der Waals surface area contributed by atoms with Crippen molar-refractivity contribution in [2.45, 2.75) is 26.4 Å². The number of nitrogens with zero attached hydrogens (tertiary/aromatic N) is 2. The van der Waals surface area contributed by atoms with Gasteiger partial charge in [0.25, 0.3) is 11.6 Å². The van der Waals surface area contributed by atoms with Gasteiger partial charge in [-0.1, -0.05) is 0 Å². The van der Waals surface area contributed by atoms with Crippen LogP contribution in [0.4, 0.5) is 5.69 Å². The fraction of sp³-hybridized carbons (Fsp3) is 0.500. The van der Waals surface area contributed by atoms with E-state index in [0.29, 0.717) is 0 Å². The average Bonchev–Trinajstić information content (AvgIpc) is 2.66. The minimum Gasteiger partial charge on any atom is -0.459 e. The average molecular weight is 283 g/mol. The molecule has 0 aromatic carbocycles. The topological polar surface area (TPSA) is 103 Å². The Labute approximate surface area is 115 Å². The van der Waals surface area contributed by atoms with E-state index in [1.165, 1.54) is 17.8 Å². The summed E-state index contributed by atoms with van der Waals surface area (Å²) in [5.41, 5.74) is -0.721. The molecule has 0 spiro atoms. The summed E-state index contributed by atoms with van der Waals surface area (Å²) in [5.74, 6) is -1.15. The summed E-state index contributed by atoms with van der Waals surface area (Å²) in [6, 6.07) is 1.14. The van der Waals surface area contributed by atoms with Crippen LogP contribution in [0.1, 0.15) is 31.3 Å². The van der Waals surface area contributed by atoms with Gasteiger partial charge < -0.3 is 14.6 Å².